The van der Waals surface area contributed by atoms with Gasteiger partial charge in [-0.05, 0) is 76.5 Å². The van der Waals surface area contributed by atoms with Gasteiger partial charge in [-0.3, -0.25) is 9.69 Å². The van der Waals surface area contributed by atoms with Crippen LogP contribution in [0.1, 0.15) is 30.7 Å². The van der Waals surface area contributed by atoms with Gasteiger partial charge in [-0.25, -0.2) is 14.4 Å². The average molecular weight is 412 g/mol. The van der Waals surface area contributed by atoms with E-state index in [2.05, 4.69) is 32.1 Å². The van der Waals surface area contributed by atoms with Crippen molar-refractivity contribution < 1.29 is 9.18 Å². The van der Waals surface area contributed by atoms with Crippen LogP contribution in [0.25, 0.3) is 0 Å². The third kappa shape index (κ3) is 5.02. The molecule has 2 aliphatic rings. The van der Waals surface area contributed by atoms with Crippen molar-refractivity contribution in [2.24, 2.45) is 11.8 Å². The highest BCUT2D eigenvalue weighted by Crippen LogP contribution is 2.33. The number of anilines is 1. The molecule has 2 aromatic rings. The summed E-state index contributed by atoms with van der Waals surface area (Å²) >= 11 is 0. The van der Waals surface area contributed by atoms with Crippen molar-refractivity contribution >= 4 is 11.6 Å². The van der Waals surface area contributed by atoms with E-state index < -0.39 is 0 Å². The zero-order chi connectivity index (χ0) is 21.1. The molecular weight excluding hydrogens is 381 g/mol. The molecule has 6 nitrogen and oxygen atoms in total. The van der Waals surface area contributed by atoms with E-state index in [0.29, 0.717) is 17.6 Å². The van der Waals surface area contributed by atoms with E-state index in [1.165, 1.54) is 12.1 Å². The fourth-order valence-electron chi connectivity index (χ4n) is 4.80. The predicted molar refractivity (Wildman–Crippen MR) is 114 cm³/mol. The van der Waals surface area contributed by atoms with Crippen LogP contribution in [0.4, 0.5) is 10.1 Å². The summed E-state index contributed by atoms with van der Waals surface area (Å²) in [6.07, 6.45) is 7.02. The molecule has 2 fully saturated rings. The molecule has 4 rings (SSSR count). The zero-order valence-corrected chi connectivity index (χ0v) is 17.7. The number of hydrogen-bond donors (Lipinski definition) is 1. The summed E-state index contributed by atoms with van der Waals surface area (Å²) in [4.78, 5) is 26.1. The van der Waals surface area contributed by atoms with Crippen molar-refractivity contribution in [1.82, 2.24) is 19.8 Å². The molecule has 1 aromatic heterocycles. The van der Waals surface area contributed by atoms with E-state index >= 15 is 0 Å². The lowest BCUT2D eigenvalue weighted by Crippen LogP contribution is -2.41. The number of amides is 1. The molecule has 3 heterocycles. The smallest absolute Gasteiger partial charge is 0.228 e. The Bertz CT molecular complexity index is 849. The summed E-state index contributed by atoms with van der Waals surface area (Å²) in [5.41, 5.74) is 1.82. The largest absolute Gasteiger partial charge is 0.326 e. The number of carbonyl (C=O) groups is 1. The Balaban J connectivity index is 1.27. The molecule has 0 radical (unpaired) electrons. The van der Waals surface area contributed by atoms with Crippen LogP contribution < -0.4 is 5.32 Å². The highest BCUT2D eigenvalue weighted by molar-refractivity contribution is 5.92. The highest BCUT2D eigenvalue weighted by atomic mass is 19.1. The molecule has 0 spiro atoms. The van der Waals surface area contributed by atoms with Gasteiger partial charge in [-0.2, -0.15) is 0 Å². The van der Waals surface area contributed by atoms with E-state index in [0.717, 1.165) is 56.8 Å². The van der Waals surface area contributed by atoms with Gasteiger partial charge < -0.3 is 10.2 Å². The SMILES string of the molecule is Cc1ncc(CN2CCC([C@@H]3C[C@H](C(=O)Nc4ccc(F)cc4)CN3C)CC2)cn1. The number of aromatic nitrogens is 2. The lowest BCUT2D eigenvalue weighted by molar-refractivity contribution is -0.119. The fraction of sp³-hybridized carbons (Fsp3) is 0.522. The molecule has 7 heteroatoms. The molecule has 0 bridgehead atoms. The van der Waals surface area contributed by atoms with Gasteiger partial charge in [-0.15, -0.1) is 0 Å². The second-order valence-corrected chi connectivity index (χ2v) is 8.69. The summed E-state index contributed by atoms with van der Waals surface area (Å²) in [5.74, 6) is 1.14. The van der Waals surface area contributed by atoms with Crippen molar-refractivity contribution in [1.29, 1.82) is 0 Å². The minimum absolute atomic E-state index is 0.0206. The topological polar surface area (TPSA) is 61.4 Å². The number of likely N-dealkylation sites (tertiary alicyclic amines) is 2. The monoisotopic (exact) mass is 411 g/mol. The standard InChI is InChI=1S/C23H30FN5O/c1-16-25-12-17(13-26-16)14-29-9-7-18(8-10-29)22-11-19(15-28(22)2)23(30)27-21-5-3-20(24)4-6-21/h3-6,12-13,18-19,22H,7-11,14-15H2,1-2H3,(H,27,30)/t19-,22-/m0/s1. The van der Waals surface area contributed by atoms with Gasteiger partial charge in [0.05, 0.1) is 5.92 Å². The van der Waals surface area contributed by atoms with Gasteiger partial charge in [0.1, 0.15) is 11.6 Å². The van der Waals surface area contributed by atoms with Gasteiger partial charge in [0.15, 0.2) is 0 Å². The first-order chi connectivity index (χ1) is 14.5. The molecule has 1 aromatic carbocycles. The number of piperidine rings is 1. The molecule has 2 aliphatic heterocycles. The maximum Gasteiger partial charge on any atom is 0.228 e. The average Bonchev–Trinajstić information content (AvgIpc) is 3.14. The van der Waals surface area contributed by atoms with Crippen LogP contribution in [0.3, 0.4) is 0 Å². The van der Waals surface area contributed by atoms with Gasteiger partial charge in [0, 0.05) is 42.8 Å². The van der Waals surface area contributed by atoms with E-state index in [4.69, 9.17) is 0 Å². The Kier molecular flexibility index (Phi) is 6.39. The lowest BCUT2D eigenvalue weighted by atomic mass is 9.86. The Labute approximate surface area is 177 Å². The third-order valence-corrected chi connectivity index (χ3v) is 6.50. The molecule has 0 saturated carbocycles. The summed E-state index contributed by atoms with van der Waals surface area (Å²) in [7, 11) is 2.13. The number of nitrogens with zero attached hydrogens (tertiary/aromatic N) is 4. The van der Waals surface area contributed by atoms with Crippen LogP contribution in [-0.2, 0) is 11.3 Å². The Morgan fingerprint density at radius 2 is 1.83 bits per heavy atom. The van der Waals surface area contributed by atoms with Crippen LogP contribution in [0.15, 0.2) is 36.7 Å². The number of aryl methyl sites for hydroxylation is 1. The second kappa shape index (κ2) is 9.18. The minimum atomic E-state index is -0.296. The fourth-order valence-corrected chi connectivity index (χ4v) is 4.80. The molecule has 2 atom stereocenters. The van der Waals surface area contributed by atoms with Gasteiger partial charge in [0.25, 0.3) is 0 Å². The quantitative estimate of drug-likeness (QED) is 0.819. The molecule has 0 aliphatic carbocycles. The summed E-state index contributed by atoms with van der Waals surface area (Å²) in [6, 6.07) is 6.40. The van der Waals surface area contributed by atoms with E-state index in [1.807, 2.05) is 19.3 Å². The zero-order valence-electron chi connectivity index (χ0n) is 17.7. The first-order valence-corrected chi connectivity index (χ1v) is 10.7. The predicted octanol–water partition coefficient (Wildman–Crippen LogP) is 3.10. The van der Waals surface area contributed by atoms with Crippen molar-refractivity contribution in [2.75, 3.05) is 32.0 Å². The van der Waals surface area contributed by atoms with Gasteiger partial charge in [0.2, 0.25) is 5.91 Å². The number of hydrogen-bond acceptors (Lipinski definition) is 5. The van der Waals surface area contributed by atoms with Crippen LogP contribution in [0.2, 0.25) is 0 Å². The Morgan fingerprint density at radius 3 is 2.50 bits per heavy atom. The number of halogens is 1. The summed E-state index contributed by atoms with van der Waals surface area (Å²) in [6.45, 7) is 5.71. The summed E-state index contributed by atoms with van der Waals surface area (Å²) < 4.78 is 13.1. The highest BCUT2D eigenvalue weighted by Gasteiger charge is 2.39. The Hall–Kier alpha value is -2.38. The van der Waals surface area contributed by atoms with Crippen molar-refractivity contribution in [2.45, 2.75) is 38.8 Å². The molecule has 160 valence electrons. The van der Waals surface area contributed by atoms with E-state index in [9.17, 15) is 9.18 Å². The molecular formula is C23H30FN5O. The van der Waals surface area contributed by atoms with Crippen molar-refractivity contribution in [3.8, 4) is 0 Å². The normalized spacial score (nSPS) is 23.6. The van der Waals surface area contributed by atoms with Crippen molar-refractivity contribution in [3.63, 3.8) is 0 Å². The Morgan fingerprint density at radius 1 is 1.17 bits per heavy atom. The molecule has 1 N–H and O–H groups in total. The van der Waals surface area contributed by atoms with Gasteiger partial charge in [-0.1, -0.05) is 0 Å². The number of rotatable bonds is 5. The van der Waals surface area contributed by atoms with Crippen molar-refractivity contribution in [3.05, 3.63) is 53.9 Å². The minimum Gasteiger partial charge on any atom is -0.326 e. The molecule has 0 unspecified atom stereocenters. The van der Waals surface area contributed by atoms with Crippen LogP contribution >= 0.6 is 0 Å². The lowest BCUT2D eigenvalue weighted by Gasteiger charge is -2.37. The number of nitrogens with one attached hydrogen (secondary N) is 1. The summed E-state index contributed by atoms with van der Waals surface area (Å²) in [5, 5.41) is 2.94. The van der Waals surface area contributed by atoms with E-state index in [-0.39, 0.29) is 17.6 Å². The van der Waals surface area contributed by atoms with Crippen LogP contribution in [0.5, 0.6) is 0 Å². The van der Waals surface area contributed by atoms with Crippen LogP contribution in [0, 0.1) is 24.6 Å². The number of carbonyl (C=O) groups excluding carboxylic acids is 1. The number of benzene rings is 1. The van der Waals surface area contributed by atoms with E-state index in [1.54, 1.807) is 12.1 Å². The second-order valence-electron chi connectivity index (χ2n) is 8.69. The first kappa shape index (κ1) is 20.9. The molecule has 2 saturated heterocycles. The maximum atomic E-state index is 13.1. The van der Waals surface area contributed by atoms with Gasteiger partial charge >= 0.3 is 0 Å². The first-order valence-electron chi connectivity index (χ1n) is 10.7. The molecule has 1 amide bonds. The maximum absolute atomic E-state index is 13.1. The molecule has 30 heavy (non-hydrogen) atoms. The van der Waals surface area contributed by atoms with Crippen LogP contribution in [-0.4, -0.2) is 58.4 Å². The third-order valence-electron chi connectivity index (χ3n) is 6.50.